The molecule has 5 nitrogen and oxygen atoms in total. The third-order valence-electron chi connectivity index (χ3n) is 1.34. The van der Waals surface area contributed by atoms with Crippen LogP contribution in [0.15, 0.2) is 0 Å². The van der Waals surface area contributed by atoms with E-state index < -0.39 is 9.33 Å². The van der Waals surface area contributed by atoms with Crippen molar-refractivity contribution >= 4 is 20.0 Å². The average Bonchev–Trinajstić information content (AvgIpc) is 1.88. The van der Waals surface area contributed by atoms with Crippen molar-refractivity contribution in [1.82, 2.24) is 4.90 Å². The zero-order chi connectivity index (χ0) is 10.2. The van der Waals surface area contributed by atoms with Gasteiger partial charge in [-0.15, -0.1) is 0 Å². The predicted molar refractivity (Wildman–Crippen MR) is 52.8 cm³/mol. The molecule has 0 aliphatic carbocycles. The Bertz CT molecular complexity index is 171. The Hall–Kier alpha value is 0.717. The Labute approximate surface area is 103 Å². The smallest absolute Gasteiger partial charge is 0.870 e. The minimum absolute atomic E-state index is 0. The molecule has 8 heteroatoms. The molecule has 0 aromatic rings. The van der Waals surface area contributed by atoms with Gasteiger partial charge in [0.25, 0.3) is 0 Å². The summed E-state index contributed by atoms with van der Waals surface area (Å²) in [5, 5.41) is 0. The molecule has 0 unspecified atom stereocenters. The summed E-state index contributed by atoms with van der Waals surface area (Å²) in [5.41, 5.74) is 0. The summed E-state index contributed by atoms with van der Waals surface area (Å²) < 4.78 is 25.2. The van der Waals surface area contributed by atoms with Gasteiger partial charge in [0.2, 0.25) is 0 Å². The van der Waals surface area contributed by atoms with Crippen LogP contribution in [0.1, 0.15) is 20.8 Å². The van der Waals surface area contributed by atoms with E-state index in [2.05, 4.69) is 36.4 Å². The van der Waals surface area contributed by atoms with E-state index in [9.17, 15) is 0 Å². The van der Waals surface area contributed by atoms with E-state index in [0.717, 1.165) is 0 Å². The fourth-order valence-corrected chi connectivity index (χ4v) is 0.671. The zero-order valence-electron chi connectivity index (χ0n) is 9.07. The Morgan fingerprint density at radius 1 is 1.14 bits per heavy atom. The number of hydrogen-bond acceptors (Lipinski definition) is 4. The number of halogens is 1. The summed E-state index contributed by atoms with van der Waals surface area (Å²) in [4.78, 5) is 2.38. The summed E-state index contributed by atoms with van der Waals surface area (Å²) in [6.07, 6.45) is 0. The van der Waals surface area contributed by atoms with Gasteiger partial charge in [0.15, 0.2) is 0 Å². The number of hydrogen-bond donors (Lipinski definition) is 1. The van der Waals surface area contributed by atoms with Crippen LogP contribution in [-0.4, -0.2) is 43.0 Å². The molecule has 0 atom stereocenters. The summed E-state index contributed by atoms with van der Waals surface area (Å²) in [6.45, 7) is 10.1. The standard InChI is InChI=1S/C6H15N.ClHO3S.Li.H2O/c1-4-7(5-2)6-3;1-5(2,3)4;;/h4-6H2,1-3H3;(H,2,3,4);;1H2/q;;+1;/p-1. The Balaban J connectivity index is -0.0000000651. The van der Waals surface area contributed by atoms with E-state index in [1.165, 1.54) is 19.6 Å². The van der Waals surface area contributed by atoms with Crippen LogP contribution < -0.4 is 18.9 Å². The molecule has 0 rings (SSSR count). The first-order valence-electron chi connectivity index (χ1n) is 3.74. The SMILES string of the molecule is CCN(CC)CC.O=S(=O)(O)Cl.[Li+].[OH-]. The molecule has 0 heterocycles. The largest absolute Gasteiger partial charge is 1.00 e. The normalized spacial score (nSPS) is 9.29. The Kier molecular flexibility index (Phi) is 23.6. The number of nitrogens with zero attached hydrogens (tertiary/aromatic N) is 1. The predicted octanol–water partition coefficient (Wildman–Crippen LogP) is -1.80. The number of rotatable bonds is 3. The van der Waals surface area contributed by atoms with Crippen LogP contribution in [0, 0.1) is 0 Å². The van der Waals surface area contributed by atoms with Crippen molar-refractivity contribution in [2.75, 3.05) is 19.6 Å². The van der Waals surface area contributed by atoms with Crippen molar-refractivity contribution in [2.24, 2.45) is 0 Å². The fourth-order valence-electron chi connectivity index (χ4n) is 0.671. The van der Waals surface area contributed by atoms with E-state index in [0.29, 0.717) is 0 Å². The molecule has 2 N–H and O–H groups in total. The quantitative estimate of drug-likeness (QED) is 0.358. The van der Waals surface area contributed by atoms with Crippen LogP contribution in [0.3, 0.4) is 0 Å². The van der Waals surface area contributed by atoms with Gasteiger partial charge in [-0.05, 0) is 19.6 Å². The summed E-state index contributed by atoms with van der Waals surface area (Å²) in [7, 11) is -0.137. The maximum atomic E-state index is 8.95. The van der Waals surface area contributed by atoms with Crippen LogP contribution in [0.2, 0.25) is 0 Å². The van der Waals surface area contributed by atoms with Gasteiger partial charge in [0.1, 0.15) is 0 Å². The molecule has 0 spiro atoms. The molecule has 0 bridgehead atoms. The molecule has 0 aliphatic rings. The van der Waals surface area contributed by atoms with E-state index in [1.807, 2.05) is 0 Å². The summed E-state index contributed by atoms with van der Waals surface area (Å²) in [5.74, 6) is 0. The second kappa shape index (κ2) is 13.7. The van der Waals surface area contributed by atoms with Crippen molar-refractivity contribution < 1.29 is 37.3 Å². The van der Waals surface area contributed by atoms with Gasteiger partial charge in [-0.3, -0.25) is 4.55 Å². The van der Waals surface area contributed by atoms with E-state index in [1.54, 1.807) is 0 Å². The molecule has 0 aromatic carbocycles. The maximum absolute atomic E-state index is 8.95. The third kappa shape index (κ3) is 38.7. The molecular weight excluding hydrogens is 225 g/mol. The summed E-state index contributed by atoms with van der Waals surface area (Å²) in [6, 6.07) is 0. The topological polar surface area (TPSA) is 87.6 Å². The molecule has 0 aliphatic heterocycles. The van der Waals surface area contributed by atoms with E-state index in [4.69, 9.17) is 13.0 Å². The van der Waals surface area contributed by atoms with Gasteiger partial charge in [0.05, 0.1) is 0 Å². The molecule has 0 amide bonds. The van der Waals surface area contributed by atoms with Crippen LogP contribution in [0.4, 0.5) is 0 Å². The molecule has 14 heavy (non-hydrogen) atoms. The summed E-state index contributed by atoms with van der Waals surface area (Å²) >= 11 is 0. The molecule has 0 aromatic heterocycles. The molecule has 84 valence electrons. The van der Waals surface area contributed by atoms with Crippen LogP contribution in [-0.2, 0) is 9.33 Å². The molecular formula is C6H17ClLiNO4S. The molecule has 0 fully saturated rings. The van der Waals surface area contributed by atoms with Crippen LogP contribution in [0.25, 0.3) is 0 Å². The van der Waals surface area contributed by atoms with E-state index in [-0.39, 0.29) is 24.3 Å². The Morgan fingerprint density at radius 3 is 1.29 bits per heavy atom. The minimum atomic E-state index is -4.19. The first kappa shape index (κ1) is 24.1. The van der Waals surface area contributed by atoms with Gasteiger partial charge in [-0.2, -0.15) is 8.42 Å². The molecule has 0 saturated carbocycles. The molecule has 0 saturated heterocycles. The fraction of sp³-hybridized carbons (Fsp3) is 1.00. The van der Waals surface area contributed by atoms with Gasteiger partial charge < -0.3 is 10.4 Å². The van der Waals surface area contributed by atoms with Gasteiger partial charge in [-0.25, -0.2) is 0 Å². The average molecular weight is 242 g/mol. The maximum Gasteiger partial charge on any atom is 1.00 e. The second-order valence-corrected chi connectivity index (χ2v) is 4.03. The van der Waals surface area contributed by atoms with Crippen molar-refractivity contribution in [3.05, 3.63) is 0 Å². The van der Waals surface area contributed by atoms with Crippen molar-refractivity contribution in [2.45, 2.75) is 20.8 Å². The monoisotopic (exact) mass is 241 g/mol. The van der Waals surface area contributed by atoms with Crippen molar-refractivity contribution in [3.8, 4) is 0 Å². The van der Waals surface area contributed by atoms with Gasteiger partial charge in [-0.1, -0.05) is 20.8 Å². The van der Waals surface area contributed by atoms with Gasteiger partial charge >= 0.3 is 28.2 Å². The van der Waals surface area contributed by atoms with Crippen molar-refractivity contribution in [1.29, 1.82) is 0 Å². The molecule has 0 radical (unpaired) electrons. The Morgan fingerprint density at radius 2 is 1.29 bits per heavy atom. The minimum Gasteiger partial charge on any atom is -0.870 e. The van der Waals surface area contributed by atoms with Gasteiger partial charge in [0, 0.05) is 10.7 Å². The van der Waals surface area contributed by atoms with Crippen molar-refractivity contribution in [3.63, 3.8) is 0 Å². The second-order valence-electron chi connectivity index (χ2n) is 2.03. The first-order valence-corrected chi connectivity index (χ1v) is 6.01. The van der Waals surface area contributed by atoms with Crippen LogP contribution in [0.5, 0.6) is 0 Å². The zero-order valence-corrected chi connectivity index (χ0v) is 10.6. The van der Waals surface area contributed by atoms with Crippen LogP contribution >= 0.6 is 10.7 Å². The first-order chi connectivity index (χ1) is 5.35. The van der Waals surface area contributed by atoms with E-state index >= 15 is 0 Å². The third-order valence-corrected chi connectivity index (χ3v) is 1.34.